The van der Waals surface area contributed by atoms with E-state index in [1.54, 1.807) is 6.92 Å². The van der Waals surface area contributed by atoms with Gasteiger partial charge in [0.2, 0.25) is 0 Å². The summed E-state index contributed by atoms with van der Waals surface area (Å²) in [5.74, 6) is -2.97. The van der Waals surface area contributed by atoms with Gasteiger partial charge in [0.1, 0.15) is 5.78 Å². The third kappa shape index (κ3) is 2.46. The third-order valence-electron chi connectivity index (χ3n) is 5.08. The molecule has 0 aromatic rings. The van der Waals surface area contributed by atoms with Crippen LogP contribution in [0.15, 0.2) is 0 Å². The number of carbonyl (C=O) groups excluding carboxylic acids is 1. The molecule has 2 saturated carbocycles. The summed E-state index contributed by atoms with van der Waals surface area (Å²) in [7, 11) is 0. The van der Waals surface area contributed by atoms with E-state index in [2.05, 4.69) is 13.8 Å². The summed E-state index contributed by atoms with van der Waals surface area (Å²) in [6, 6.07) is 0. The second-order valence-electron chi connectivity index (χ2n) is 6.65. The van der Waals surface area contributed by atoms with Gasteiger partial charge in [-0.2, -0.15) is 0 Å². The fourth-order valence-electron chi connectivity index (χ4n) is 3.43. The van der Waals surface area contributed by atoms with E-state index in [1.165, 1.54) is 0 Å². The fourth-order valence-corrected chi connectivity index (χ4v) is 3.43. The molecule has 18 heavy (non-hydrogen) atoms. The minimum Gasteiger partial charge on any atom is -0.299 e. The highest BCUT2D eigenvalue weighted by Crippen LogP contribution is 2.48. The highest BCUT2D eigenvalue weighted by molar-refractivity contribution is 5.84. The van der Waals surface area contributed by atoms with Crippen molar-refractivity contribution in [2.75, 3.05) is 0 Å². The summed E-state index contributed by atoms with van der Waals surface area (Å²) in [5, 5.41) is 0. The van der Waals surface area contributed by atoms with Crippen LogP contribution >= 0.6 is 0 Å². The van der Waals surface area contributed by atoms with Gasteiger partial charge in [-0.3, -0.25) is 4.79 Å². The first-order chi connectivity index (χ1) is 8.33. The van der Waals surface area contributed by atoms with Crippen molar-refractivity contribution in [1.29, 1.82) is 0 Å². The van der Waals surface area contributed by atoms with E-state index in [0.29, 0.717) is 12.3 Å². The number of alkyl halides is 2. The van der Waals surface area contributed by atoms with Crippen molar-refractivity contribution in [3.8, 4) is 0 Å². The maximum atomic E-state index is 13.9. The topological polar surface area (TPSA) is 17.1 Å². The SMILES string of the molecule is CC(C)C1CC(C)C(F)(F)CC1C(=O)C1CCC1. The molecule has 2 aliphatic carbocycles. The molecule has 0 heterocycles. The Morgan fingerprint density at radius 3 is 2.33 bits per heavy atom. The summed E-state index contributed by atoms with van der Waals surface area (Å²) < 4.78 is 27.8. The van der Waals surface area contributed by atoms with E-state index >= 15 is 0 Å². The maximum Gasteiger partial charge on any atom is 0.251 e. The molecular formula is C15H24F2O. The first kappa shape index (κ1) is 14.0. The molecular weight excluding hydrogens is 234 g/mol. The van der Waals surface area contributed by atoms with Crippen molar-refractivity contribution in [1.82, 2.24) is 0 Å². The number of hydrogen-bond donors (Lipinski definition) is 0. The quantitative estimate of drug-likeness (QED) is 0.737. The Labute approximate surface area is 108 Å². The molecule has 2 fully saturated rings. The normalized spacial score (nSPS) is 36.4. The molecule has 0 radical (unpaired) electrons. The van der Waals surface area contributed by atoms with Gasteiger partial charge in [0.05, 0.1) is 0 Å². The molecule has 0 aromatic carbocycles. The molecule has 3 unspecified atom stereocenters. The predicted octanol–water partition coefficient (Wildman–Crippen LogP) is 4.31. The van der Waals surface area contributed by atoms with Crippen LogP contribution in [0.1, 0.15) is 52.9 Å². The summed E-state index contributed by atoms with van der Waals surface area (Å²) in [6.07, 6.45) is 3.20. The van der Waals surface area contributed by atoms with Crippen LogP contribution < -0.4 is 0 Å². The lowest BCUT2D eigenvalue weighted by Crippen LogP contribution is -2.46. The zero-order valence-electron chi connectivity index (χ0n) is 11.6. The van der Waals surface area contributed by atoms with Crippen LogP contribution in [-0.2, 0) is 4.79 Å². The molecule has 3 atom stereocenters. The van der Waals surface area contributed by atoms with E-state index in [9.17, 15) is 13.6 Å². The van der Waals surface area contributed by atoms with Crippen molar-refractivity contribution in [3.05, 3.63) is 0 Å². The second-order valence-corrected chi connectivity index (χ2v) is 6.65. The number of hydrogen-bond acceptors (Lipinski definition) is 1. The molecule has 0 saturated heterocycles. The van der Waals surface area contributed by atoms with Crippen molar-refractivity contribution in [2.24, 2.45) is 29.6 Å². The number of rotatable bonds is 3. The van der Waals surface area contributed by atoms with Crippen LogP contribution in [0.4, 0.5) is 8.78 Å². The average Bonchev–Trinajstić information content (AvgIpc) is 2.18. The van der Waals surface area contributed by atoms with Crippen molar-refractivity contribution < 1.29 is 13.6 Å². The molecule has 2 rings (SSSR count). The second kappa shape index (κ2) is 4.90. The van der Waals surface area contributed by atoms with Gasteiger partial charge < -0.3 is 0 Å². The van der Waals surface area contributed by atoms with Crippen molar-refractivity contribution >= 4 is 5.78 Å². The van der Waals surface area contributed by atoms with Gasteiger partial charge >= 0.3 is 0 Å². The molecule has 1 nitrogen and oxygen atoms in total. The first-order valence-electron chi connectivity index (χ1n) is 7.24. The van der Waals surface area contributed by atoms with Gasteiger partial charge in [0.25, 0.3) is 5.92 Å². The van der Waals surface area contributed by atoms with E-state index in [0.717, 1.165) is 19.3 Å². The highest BCUT2D eigenvalue weighted by Gasteiger charge is 2.50. The lowest BCUT2D eigenvalue weighted by Gasteiger charge is -2.43. The number of ketones is 1. The summed E-state index contributed by atoms with van der Waals surface area (Å²) >= 11 is 0. The lowest BCUT2D eigenvalue weighted by atomic mass is 9.63. The van der Waals surface area contributed by atoms with Gasteiger partial charge in [-0.05, 0) is 31.1 Å². The standard InChI is InChI=1S/C15H24F2O/c1-9(2)12-7-10(3)15(16,17)8-13(12)14(18)11-5-4-6-11/h9-13H,4-8H2,1-3H3. The van der Waals surface area contributed by atoms with Gasteiger partial charge in [-0.1, -0.05) is 27.2 Å². The Kier molecular flexibility index (Phi) is 3.80. The molecule has 2 aliphatic rings. The smallest absolute Gasteiger partial charge is 0.251 e. The molecule has 0 aromatic heterocycles. The maximum absolute atomic E-state index is 13.9. The van der Waals surface area contributed by atoms with Crippen LogP contribution in [0.3, 0.4) is 0 Å². The monoisotopic (exact) mass is 258 g/mol. The Balaban J connectivity index is 2.15. The van der Waals surface area contributed by atoms with Gasteiger partial charge in [-0.15, -0.1) is 0 Å². The molecule has 0 N–H and O–H groups in total. The number of halogens is 2. The summed E-state index contributed by atoms with van der Waals surface area (Å²) in [5.41, 5.74) is 0. The van der Waals surface area contributed by atoms with Crippen LogP contribution in [0, 0.1) is 29.6 Å². The summed E-state index contributed by atoms with van der Waals surface area (Å²) in [6.45, 7) is 5.74. The van der Waals surface area contributed by atoms with E-state index < -0.39 is 17.8 Å². The zero-order chi connectivity index (χ0) is 13.5. The van der Waals surface area contributed by atoms with Crippen LogP contribution in [0.2, 0.25) is 0 Å². The third-order valence-corrected chi connectivity index (χ3v) is 5.08. The molecule has 0 amide bonds. The Morgan fingerprint density at radius 1 is 1.28 bits per heavy atom. The minimum absolute atomic E-state index is 0.0838. The number of Topliss-reactive ketones (excluding diaryl/α,β-unsaturated/α-hetero) is 1. The van der Waals surface area contributed by atoms with Crippen LogP contribution in [-0.4, -0.2) is 11.7 Å². The molecule has 104 valence electrons. The van der Waals surface area contributed by atoms with Gasteiger partial charge in [0, 0.05) is 24.2 Å². The fraction of sp³-hybridized carbons (Fsp3) is 0.933. The predicted molar refractivity (Wildman–Crippen MR) is 67.5 cm³/mol. The van der Waals surface area contributed by atoms with E-state index in [4.69, 9.17) is 0 Å². The van der Waals surface area contributed by atoms with E-state index in [1.807, 2.05) is 0 Å². The summed E-state index contributed by atoms with van der Waals surface area (Å²) in [4.78, 5) is 12.4. The lowest BCUT2D eigenvalue weighted by molar-refractivity contribution is -0.151. The Hall–Kier alpha value is -0.470. The Bertz CT molecular complexity index is 320. The molecule has 0 bridgehead atoms. The average molecular weight is 258 g/mol. The number of carbonyl (C=O) groups is 1. The largest absolute Gasteiger partial charge is 0.299 e. The minimum atomic E-state index is -2.66. The van der Waals surface area contributed by atoms with E-state index in [-0.39, 0.29) is 24.0 Å². The van der Waals surface area contributed by atoms with Crippen molar-refractivity contribution in [3.63, 3.8) is 0 Å². The molecule has 3 heteroatoms. The Morgan fingerprint density at radius 2 is 1.89 bits per heavy atom. The van der Waals surface area contributed by atoms with Crippen molar-refractivity contribution in [2.45, 2.75) is 58.8 Å². The highest BCUT2D eigenvalue weighted by atomic mass is 19.3. The first-order valence-corrected chi connectivity index (χ1v) is 7.24. The van der Waals surface area contributed by atoms with Gasteiger partial charge in [0.15, 0.2) is 0 Å². The molecule has 0 aliphatic heterocycles. The van der Waals surface area contributed by atoms with Crippen LogP contribution in [0.5, 0.6) is 0 Å². The van der Waals surface area contributed by atoms with Crippen LogP contribution in [0.25, 0.3) is 0 Å². The molecule has 0 spiro atoms. The van der Waals surface area contributed by atoms with Gasteiger partial charge in [-0.25, -0.2) is 8.78 Å². The zero-order valence-corrected chi connectivity index (χ0v) is 11.6.